The quantitative estimate of drug-likeness (QED) is 0.00752. The Hall–Kier alpha value is -6.78. The number of carbonyl (C=O) groups is 2. The molecule has 3 unspecified atom stereocenters. The van der Waals surface area contributed by atoms with Crippen molar-refractivity contribution in [2.75, 3.05) is 128 Å². The van der Waals surface area contributed by atoms with Gasteiger partial charge in [0.2, 0.25) is 5.95 Å². The third kappa shape index (κ3) is 36.4. The number of nitrogens with two attached hydrogens (primary N) is 2. The zero-order chi connectivity index (χ0) is 88.1. The fourth-order valence-corrected chi connectivity index (χ4v) is 13.6. The minimum absolute atomic E-state index is 0.00213. The van der Waals surface area contributed by atoms with E-state index in [0.717, 1.165) is 72.2 Å². The number of aliphatic hydroxyl groups is 3. The van der Waals surface area contributed by atoms with Gasteiger partial charge in [-0.15, -0.1) is 0 Å². The highest BCUT2D eigenvalue weighted by Crippen LogP contribution is 2.40. The van der Waals surface area contributed by atoms with Gasteiger partial charge in [0.15, 0.2) is 49.9 Å². The minimum atomic E-state index is -3.76. The second-order valence-corrected chi connectivity index (χ2v) is 32.2. The number of rotatable bonds is 29. The number of aryl methyl sites for hydroxylation is 1. The molecule has 8 aromatic rings. The monoisotopic (exact) mass is 2320 g/mol. The molecule has 0 aliphatic rings. The highest BCUT2D eigenvalue weighted by molar-refractivity contribution is 14.1. The lowest BCUT2D eigenvalue weighted by Gasteiger charge is -2.18. The van der Waals surface area contributed by atoms with E-state index in [2.05, 4.69) is 138 Å². The van der Waals surface area contributed by atoms with Crippen LogP contribution in [0.3, 0.4) is 0 Å². The Morgan fingerprint density at radius 1 is 0.500 bits per heavy atom. The average Bonchev–Trinajstić information content (AvgIpc) is 0.849. The number of ketones is 2. The summed E-state index contributed by atoms with van der Waals surface area (Å²) in [6.07, 6.45) is 1.42. The molecule has 1 aromatic heterocycles. The van der Waals surface area contributed by atoms with Crippen LogP contribution in [0.25, 0.3) is 5.57 Å². The highest BCUT2D eigenvalue weighted by atomic mass is 127. The van der Waals surface area contributed by atoms with Gasteiger partial charge in [-0.2, -0.15) is 23.9 Å². The van der Waals surface area contributed by atoms with Crippen LogP contribution in [0.5, 0.6) is 74.7 Å². The first-order valence-electron chi connectivity index (χ1n) is 33.7. The molecular weight excluding hydrogens is 2230 g/mol. The van der Waals surface area contributed by atoms with Crippen molar-refractivity contribution in [1.29, 1.82) is 10.5 Å². The molecule has 0 spiro atoms. The van der Waals surface area contributed by atoms with E-state index in [1.54, 1.807) is 98.3 Å². The van der Waals surface area contributed by atoms with Crippen LogP contribution in [0.15, 0.2) is 115 Å². The van der Waals surface area contributed by atoms with Crippen molar-refractivity contribution in [3.05, 3.63) is 170 Å². The Labute approximate surface area is 764 Å². The van der Waals surface area contributed by atoms with Crippen molar-refractivity contribution in [1.82, 2.24) is 9.97 Å². The molecule has 116 heavy (non-hydrogen) atoms. The van der Waals surface area contributed by atoms with Crippen LogP contribution in [0.1, 0.15) is 108 Å². The number of aromatic hydroxyl groups is 2. The molecule has 0 bridgehead atoms. The number of carbonyl (C=O) groups excluding carboxylic acids is 2. The Morgan fingerprint density at radius 2 is 0.862 bits per heavy atom. The van der Waals surface area contributed by atoms with E-state index in [0.29, 0.717) is 57.4 Å². The standard InChI is InChI=1S/C14H17IN4O3.C12H14INO3.C12H15IO3.C11H13IO4.C10H13IO3.C9H9IO3.C9H9NO3S.C2H5ClO/c1-7(6-20)8-3-11(21-2)9(15)4-10(8)22-12-5-18-14(17)19-13(12)16;1-8(7-15)9-5-12(16-2)10(13)6-11(9)17-4-3-14;1-8(2)9-5-12(15-4)10(13)6-11(9)16-7-14-3;1-7(13)8-4-11(15-3)9(12)5-10(8)16-6-14-2;1-6(5-12)7-3-10(14-2)8(11)4-9(7)13;1-5(11)6-3-9(13-2)7(10)4-8(6)12;1-8-2-4-9(5-3-8)14(11,12)13-7-6-10;1-4-2-3/h3-5,7,20H,6H2,1-2H3,(H4,16,17,18,19);5-6,8,15H,4,7H2,1-2H3;5-6H,1,7H2,2-4H3;4-5H,6H2,1-3H3;3-4,6,12-13H,5H2,1-2H3;3-4,12H,1-2H3;2-5H,7H2,1H3;2H2,1H3. The van der Waals surface area contributed by atoms with Crippen LogP contribution in [0, 0.1) is 51.0 Å². The molecule has 1 heterocycles. The zero-order valence-corrected chi connectivity index (χ0v) is 81.0. The number of nitriles is 2. The number of Topliss-reactive ketones (excluding diaryl/α,β-unsaturated/α-hetero) is 2. The number of methoxy groups -OCH3 is 9. The second-order valence-electron chi connectivity index (χ2n) is 23.4. The number of hydrogen-bond donors (Lipinski definition) is 7. The van der Waals surface area contributed by atoms with E-state index in [9.17, 15) is 38.4 Å². The normalized spacial score (nSPS) is 10.9. The Kier molecular flexibility index (Phi) is 53.1. The van der Waals surface area contributed by atoms with Gasteiger partial charge in [-0.05, 0) is 254 Å². The maximum atomic E-state index is 11.4. The van der Waals surface area contributed by atoms with Crippen LogP contribution in [-0.2, 0) is 28.5 Å². The molecule has 3 atom stereocenters. The topological polar surface area (TPSA) is 424 Å². The molecule has 0 saturated carbocycles. The molecule has 0 radical (unpaired) electrons. The van der Waals surface area contributed by atoms with Crippen LogP contribution in [0.2, 0.25) is 0 Å². The fourth-order valence-electron chi connectivity index (χ4n) is 8.84. The summed E-state index contributed by atoms with van der Waals surface area (Å²) in [5.41, 5.74) is 17.2. The van der Waals surface area contributed by atoms with Gasteiger partial charge in [0, 0.05) is 81.2 Å². The third-order valence-corrected chi connectivity index (χ3v) is 21.5. The van der Waals surface area contributed by atoms with Gasteiger partial charge in [-0.1, -0.05) is 56.6 Å². The maximum Gasteiger partial charge on any atom is 0.297 e. The third-order valence-electron chi connectivity index (χ3n) is 15.0. The van der Waals surface area contributed by atoms with Gasteiger partial charge < -0.3 is 98.6 Å². The number of nitrogens with zero attached hydrogens (tertiary/aromatic N) is 4. The van der Waals surface area contributed by atoms with Crippen LogP contribution in [-0.4, -0.2) is 172 Å². The molecule has 0 aliphatic heterocycles. The maximum absolute atomic E-state index is 11.4. The van der Waals surface area contributed by atoms with Crippen molar-refractivity contribution in [2.45, 2.75) is 71.1 Å². The van der Waals surface area contributed by atoms with E-state index in [-0.39, 0.29) is 103 Å². The summed E-state index contributed by atoms with van der Waals surface area (Å²) >= 11 is 17.7. The largest absolute Gasteiger partial charge is 0.508 e. The summed E-state index contributed by atoms with van der Waals surface area (Å²) in [7, 11) is 10.4. The first kappa shape index (κ1) is 107. The highest BCUT2D eigenvalue weighted by Gasteiger charge is 2.21. The first-order chi connectivity index (χ1) is 54.9. The van der Waals surface area contributed by atoms with Gasteiger partial charge >= 0.3 is 0 Å². The Balaban J connectivity index is 0.000000675. The van der Waals surface area contributed by atoms with Crippen molar-refractivity contribution in [2.24, 2.45) is 0 Å². The second kappa shape index (κ2) is 57.4. The number of phenols is 2. The predicted molar refractivity (Wildman–Crippen MR) is 494 cm³/mol. The predicted octanol–water partition coefficient (Wildman–Crippen LogP) is 16.6. The van der Waals surface area contributed by atoms with E-state index < -0.39 is 16.7 Å². The fraction of sp³-hybridized carbons (Fsp3) is 0.342. The van der Waals surface area contributed by atoms with Crippen molar-refractivity contribution < 1.29 is 109 Å². The van der Waals surface area contributed by atoms with Gasteiger partial charge in [-0.3, -0.25) is 13.8 Å². The number of aliphatic hydroxyl groups excluding tert-OH is 3. The molecular formula is C79H95ClI6N6O23S. The van der Waals surface area contributed by atoms with Crippen LogP contribution in [0.4, 0.5) is 11.8 Å². The summed E-state index contributed by atoms with van der Waals surface area (Å²) < 4.78 is 99.5. The lowest BCUT2D eigenvalue weighted by molar-refractivity contribution is 0.0501. The summed E-state index contributed by atoms with van der Waals surface area (Å²) in [4.78, 5) is 30.3. The van der Waals surface area contributed by atoms with E-state index in [1.807, 2.05) is 99.7 Å². The average molecular weight is 2330 g/mol. The number of anilines is 2. The SMILES string of the molecule is C=C(C)c1cc(OC)c(I)cc1OCOC.COCCl.COCOc1cc(I)c(OC)cc1C(C)=O.COc1cc(C(C)=O)c(O)cc1I.COc1cc(C(C)CO)c(O)cc1I.COc1cc(C(C)CO)c(OCC#N)cc1I.COc1cc(C(C)CO)c(Oc2cnc(N)nc2N)cc1I.Cc1ccc(S(=O)(=O)OCC#N)cc1. The number of allylic oxidation sites excluding steroid dienone is 1. The Bertz CT molecular complexity index is 4580. The lowest BCUT2D eigenvalue weighted by atomic mass is 10.0. The molecule has 9 N–H and O–H groups in total. The number of hydrogen-bond acceptors (Lipinski definition) is 29. The Morgan fingerprint density at radius 3 is 1.25 bits per heavy atom. The zero-order valence-electron chi connectivity index (χ0n) is 66.5. The summed E-state index contributed by atoms with van der Waals surface area (Å²) in [5, 5.41) is 63.4. The summed E-state index contributed by atoms with van der Waals surface area (Å²) in [6, 6.07) is 31.1. The van der Waals surface area contributed by atoms with Crippen LogP contribution < -0.4 is 58.8 Å². The molecule has 8 rings (SSSR count). The molecule has 29 nitrogen and oxygen atoms in total. The number of phenolic OH excluding ortho intramolecular Hbond substituents is 2. The summed E-state index contributed by atoms with van der Waals surface area (Å²) in [5.74, 6) is 6.95. The molecule has 7 aromatic carbocycles. The number of benzene rings is 7. The molecule has 0 amide bonds. The van der Waals surface area contributed by atoms with E-state index in [1.165, 1.54) is 52.5 Å². The molecule has 37 heteroatoms. The number of alkyl halides is 1. The molecule has 0 aliphatic carbocycles. The van der Waals surface area contributed by atoms with Crippen molar-refractivity contribution in [3.63, 3.8) is 0 Å². The number of halogens is 7. The van der Waals surface area contributed by atoms with Crippen molar-refractivity contribution in [3.8, 4) is 86.9 Å². The van der Waals surface area contributed by atoms with Gasteiger partial charge in [0.1, 0.15) is 81.1 Å². The van der Waals surface area contributed by atoms with Gasteiger partial charge in [0.05, 0.1) is 92.4 Å². The molecule has 0 saturated heterocycles. The first-order valence-corrected chi connectivity index (χ1v) is 42.1. The minimum Gasteiger partial charge on any atom is -0.508 e. The van der Waals surface area contributed by atoms with Gasteiger partial charge in [-0.25, -0.2) is 4.98 Å². The number of ether oxygens (including phenoxy) is 13. The van der Waals surface area contributed by atoms with E-state index in [4.69, 9.17) is 95.5 Å². The molecule has 634 valence electrons. The van der Waals surface area contributed by atoms with Gasteiger partial charge in [0.25, 0.3) is 10.1 Å². The number of nitrogen functional groups attached to an aromatic ring is 2. The lowest BCUT2D eigenvalue weighted by Crippen LogP contribution is -2.06. The van der Waals surface area contributed by atoms with E-state index >= 15 is 0 Å². The smallest absolute Gasteiger partial charge is 0.297 e. The van der Waals surface area contributed by atoms with Crippen LogP contribution >= 0.6 is 147 Å². The summed E-state index contributed by atoms with van der Waals surface area (Å²) in [6.45, 7) is 16.1. The molecule has 0 fully saturated rings. The van der Waals surface area contributed by atoms with Crippen molar-refractivity contribution >= 4 is 186 Å². The number of aromatic nitrogens is 2.